The maximum absolute atomic E-state index is 13.0. The minimum atomic E-state index is -0.863. The highest BCUT2D eigenvalue weighted by Gasteiger charge is 2.45. The Labute approximate surface area is 210 Å². The lowest BCUT2D eigenvalue weighted by atomic mass is 10.1. The van der Waals surface area contributed by atoms with Gasteiger partial charge in [-0.3, -0.25) is 14.7 Å². The van der Waals surface area contributed by atoms with E-state index in [-0.39, 0.29) is 23.8 Å². The van der Waals surface area contributed by atoms with Crippen LogP contribution in [0.1, 0.15) is 32.2 Å². The van der Waals surface area contributed by atoms with E-state index in [0.29, 0.717) is 22.1 Å². The summed E-state index contributed by atoms with van der Waals surface area (Å²) in [7, 11) is 1.27. The SMILES string of the molecule is COC(=O)C1=C2CC(NC(=O)OC(C)(C)C)C(=O)N2C(c2nccs2)=NC1.Fc1ccccc1Cl. The van der Waals surface area contributed by atoms with E-state index in [4.69, 9.17) is 21.1 Å². The number of carbonyl (C=O) groups excluding carboxylic acids is 3. The second-order valence-electron chi connectivity index (χ2n) is 8.38. The van der Waals surface area contributed by atoms with Gasteiger partial charge in [-0.05, 0) is 32.9 Å². The molecule has 1 aromatic heterocycles. The largest absolute Gasteiger partial charge is 0.466 e. The first-order valence-corrected chi connectivity index (χ1v) is 11.8. The number of fused-ring (bicyclic) bond motifs is 1. The molecule has 1 fully saturated rings. The topological polar surface area (TPSA) is 110 Å². The standard InChI is InChI=1S/C17H20N4O5S.C6H4ClF/c1-17(2,3)26-16(24)20-10-7-11-9(15(23)25-4)8-19-12(21(11)14(10)22)13-18-5-6-27-13;7-5-3-1-2-4-6(5)8/h5-6,10H,7-8H2,1-4H3,(H,20,24);1-4H. The zero-order valence-corrected chi connectivity index (χ0v) is 21.1. The van der Waals surface area contributed by atoms with Crippen LogP contribution in [-0.2, 0) is 19.1 Å². The first-order valence-electron chi connectivity index (χ1n) is 10.5. The monoisotopic (exact) mass is 522 g/mol. The number of rotatable bonds is 3. The summed E-state index contributed by atoms with van der Waals surface area (Å²) in [6.07, 6.45) is 1.06. The third kappa shape index (κ3) is 6.43. The molecule has 1 saturated heterocycles. The predicted octanol–water partition coefficient (Wildman–Crippen LogP) is 3.94. The Morgan fingerprint density at radius 2 is 2.00 bits per heavy atom. The van der Waals surface area contributed by atoms with Crippen LogP contribution in [0, 0.1) is 5.82 Å². The highest BCUT2D eigenvalue weighted by atomic mass is 35.5. The van der Waals surface area contributed by atoms with Crippen molar-refractivity contribution in [2.24, 2.45) is 4.99 Å². The fourth-order valence-electron chi connectivity index (χ4n) is 3.27. The van der Waals surface area contributed by atoms with Gasteiger partial charge >= 0.3 is 12.1 Å². The van der Waals surface area contributed by atoms with E-state index in [0.717, 1.165) is 0 Å². The molecule has 1 aromatic carbocycles. The van der Waals surface area contributed by atoms with Gasteiger partial charge < -0.3 is 14.8 Å². The number of halogens is 2. The number of amides is 2. The summed E-state index contributed by atoms with van der Waals surface area (Å²) in [5.41, 5.74) is 0.0654. The Hall–Kier alpha value is -3.31. The minimum Gasteiger partial charge on any atom is -0.466 e. The Bertz CT molecular complexity index is 1160. The van der Waals surface area contributed by atoms with Crippen molar-refractivity contribution in [3.05, 3.63) is 63.0 Å². The summed E-state index contributed by atoms with van der Waals surface area (Å²) >= 11 is 6.67. The molecule has 186 valence electrons. The summed E-state index contributed by atoms with van der Waals surface area (Å²) in [5.74, 6) is -0.950. The van der Waals surface area contributed by atoms with Crippen LogP contribution in [-0.4, -0.2) is 59.0 Å². The quantitative estimate of drug-likeness (QED) is 0.611. The molecule has 0 saturated carbocycles. The van der Waals surface area contributed by atoms with Gasteiger partial charge in [-0.1, -0.05) is 23.7 Å². The van der Waals surface area contributed by atoms with E-state index >= 15 is 0 Å². The number of alkyl carbamates (subject to hydrolysis) is 1. The van der Waals surface area contributed by atoms with E-state index in [9.17, 15) is 18.8 Å². The number of hydrogen-bond donors (Lipinski definition) is 1. The zero-order valence-electron chi connectivity index (χ0n) is 19.5. The molecular weight excluding hydrogens is 499 g/mol. The van der Waals surface area contributed by atoms with Gasteiger partial charge in [0.05, 0.1) is 24.3 Å². The molecule has 3 heterocycles. The predicted molar refractivity (Wildman–Crippen MR) is 129 cm³/mol. The number of hydrogen-bond acceptors (Lipinski definition) is 8. The molecule has 2 aliphatic rings. The van der Waals surface area contributed by atoms with Crippen molar-refractivity contribution >= 4 is 46.7 Å². The number of nitrogens with one attached hydrogen (secondary N) is 1. The number of carbonyl (C=O) groups is 3. The smallest absolute Gasteiger partial charge is 0.408 e. The third-order valence-corrected chi connectivity index (χ3v) is 5.78. The van der Waals surface area contributed by atoms with Gasteiger partial charge in [0, 0.05) is 23.7 Å². The lowest BCUT2D eigenvalue weighted by Crippen LogP contribution is -2.45. The lowest BCUT2D eigenvalue weighted by Gasteiger charge is -2.25. The molecule has 0 radical (unpaired) electrons. The van der Waals surface area contributed by atoms with Gasteiger partial charge in [0.25, 0.3) is 5.91 Å². The number of thiazole rings is 1. The van der Waals surface area contributed by atoms with Gasteiger partial charge in [0.2, 0.25) is 0 Å². The maximum atomic E-state index is 13.0. The van der Waals surface area contributed by atoms with Gasteiger partial charge in [-0.2, -0.15) is 0 Å². The molecule has 0 bridgehead atoms. The number of aliphatic imine (C=N–C) groups is 1. The second-order valence-corrected chi connectivity index (χ2v) is 9.69. The van der Waals surface area contributed by atoms with Crippen molar-refractivity contribution in [3.8, 4) is 0 Å². The van der Waals surface area contributed by atoms with Crippen LogP contribution in [0.2, 0.25) is 5.02 Å². The third-order valence-electron chi connectivity index (χ3n) is 4.70. The van der Waals surface area contributed by atoms with E-state index < -0.39 is 29.6 Å². The van der Waals surface area contributed by atoms with E-state index in [2.05, 4.69) is 15.3 Å². The summed E-state index contributed by atoms with van der Waals surface area (Å²) in [6, 6.07) is 5.25. The maximum Gasteiger partial charge on any atom is 0.408 e. The first-order chi connectivity index (χ1) is 16.5. The summed E-state index contributed by atoms with van der Waals surface area (Å²) in [6.45, 7) is 5.28. The van der Waals surface area contributed by atoms with Crippen LogP contribution in [0.4, 0.5) is 9.18 Å². The van der Waals surface area contributed by atoms with E-state index in [1.165, 1.54) is 35.5 Å². The van der Waals surface area contributed by atoms with Crippen molar-refractivity contribution < 1.29 is 28.2 Å². The molecule has 2 amide bonds. The highest BCUT2D eigenvalue weighted by molar-refractivity contribution is 7.11. The average molecular weight is 523 g/mol. The molecule has 1 atom stereocenters. The van der Waals surface area contributed by atoms with E-state index in [1.807, 2.05) is 0 Å². The number of aromatic nitrogens is 1. The lowest BCUT2D eigenvalue weighted by molar-refractivity contribution is -0.136. The number of amidine groups is 1. The summed E-state index contributed by atoms with van der Waals surface area (Å²) in [4.78, 5) is 47.1. The van der Waals surface area contributed by atoms with Crippen molar-refractivity contribution in [1.82, 2.24) is 15.2 Å². The Balaban J connectivity index is 0.000000363. The Morgan fingerprint density at radius 3 is 2.54 bits per heavy atom. The molecule has 2 aliphatic heterocycles. The molecule has 1 N–H and O–H groups in total. The number of benzene rings is 1. The average Bonchev–Trinajstić information content (AvgIpc) is 3.43. The highest BCUT2D eigenvalue weighted by Crippen LogP contribution is 2.32. The van der Waals surface area contributed by atoms with Crippen LogP contribution in [0.3, 0.4) is 0 Å². The Kier molecular flexibility index (Phi) is 8.23. The van der Waals surface area contributed by atoms with E-state index in [1.54, 1.807) is 44.5 Å². The van der Waals surface area contributed by atoms with Gasteiger partial charge in [0.15, 0.2) is 10.8 Å². The van der Waals surface area contributed by atoms with Crippen molar-refractivity contribution in [2.75, 3.05) is 13.7 Å². The van der Waals surface area contributed by atoms with Crippen LogP contribution in [0.15, 0.2) is 52.1 Å². The van der Waals surface area contributed by atoms with Crippen LogP contribution >= 0.6 is 22.9 Å². The molecular formula is C23H24ClFN4O5S. The molecule has 9 nitrogen and oxygen atoms in total. The number of esters is 1. The Morgan fingerprint density at radius 1 is 1.29 bits per heavy atom. The fraction of sp³-hybridized carbons (Fsp3) is 0.348. The molecule has 0 aliphatic carbocycles. The van der Waals surface area contributed by atoms with Crippen molar-refractivity contribution in [1.29, 1.82) is 0 Å². The van der Waals surface area contributed by atoms with Crippen LogP contribution in [0.5, 0.6) is 0 Å². The van der Waals surface area contributed by atoms with Crippen LogP contribution in [0.25, 0.3) is 0 Å². The molecule has 12 heteroatoms. The summed E-state index contributed by atoms with van der Waals surface area (Å²) in [5, 5.41) is 5.08. The van der Waals surface area contributed by atoms with Crippen molar-refractivity contribution in [2.45, 2.75) is 38.8 Å². The normalized spacial score (nSPS) is 17.2. The zero-order chi connectivity index (χ0) is 25.8. The molecule has 1 unspecified atom stereocenters. The van der Waals surface area contributed by atoms with Gasteiger partial charge in [-0.25, -0.2) is 19.0 Å². The van der Waals surface area contributed by atoms with Crippen molar-refractivity contribution in [3.63, 3.8) is 0 Å². The molecule has 4 rings (SSSR count). The molecule has 0 spiro atoms. The molecule has 35 heavy (non-hydrogen) atoms. The summed E-state index contributed by atoms with van der Waals surface area (Å²) < 4.78 is 22.2. The van der Waals surface area contributed by atoms with Gasteiger partial charge in [0.1, 0.15) is 17.5 Å². The fourth-order valence-corrected chi connectivity index (χ4v) is 4.04. The number of ether oxygens (including phenoxy) is 2. The minimum absolute atomic E-state index is 0.0832. The second kappa shape index (κ2) is 11.0. The number of nitrogens with zero attached hydrogens (tertiary/aromatic N) is 3. The first kappa shape index (κ1) is 26.3. The molecule has 2 aromatic rings. The van der Waals surface area contributed by atoms with Crippen LogP contribution < -0.4 is 5.32 Å². The number of methoxy groups -OCH3 is 1. The van der Waals surface area contributed by atoms with Gasteiger partial charge in [-0.15, -0.1) is 11.3 Å².